The molecule has 0 unspecified atom stereocenters. The Morgan fingerprint density at radius 1 is 1.32 bits per heavy atom. The Morgan fingerprint density at radius 2 is 2.05 bits per heavy atom. The number of hydrogen-bond acceptors (Lipinski definition) is 2. The molecule has 0 aromatic carbocycles. The molecule has 0 aromatic rings. The Bertz CT molecular complexity index is 681. The lowest BCUT2D eigenvalue weighted by Crippen LogP contribution is -2.53. The van der Waals surface area contributed by atoms with Crippen LogP contribution in [0.25, 0.3) is 0 Å². The van der Waals surface area contributed by atoms with E-state index in [4.69, 9.17) is 6.42 Å². The van der Waals surface area contributed by atoms with Crippen LogP contribution in [0.5, 0.6) is 0 Å². The highest BCUT2D eigenvalue weighted by Gasteiger charge is 2.59. The summed E-state index contributed by atoms with van der Waals surface area (Å²) in [6.45, 7) is 6.18. The molecule has 0 spiro atoms. The van der Waals surface area contributed by atoms with Crippen molar-refractivity contribution in [3.8, 4) is 18.4 Å². The Balaban J connectivity index is 2.25. The zero-order chi connectivity index (χ0) is 16.2. The highest BCUT2D eigenvalue weighted by atomic mass is 16.1. The van der Waals surface area contributed by atoms with Crippen LogP contribution in [-0.2, 0) is 4.79 Å². The van der Waals surface area contributed by atoms with Crippen LogP contribution in [0.1, 0.15) is 52.9 Å². The Kier molecular flexibility index (Phi) is 3.16. The number of carbonyl (C=O) groups excluding carboxylic acids is 1. The van der Waals surface area contributed by atoms with Gasteiger partial charge in [0, 0.05) is 10.8 Å². The predicted octanol–water partition coefficient (Wildman–Crippen LogP) is 4.19. The maximum atomic E-state index is 12.6. The van der Waals surface area contributed by atoms with Gasteiger partial charge in [-0.2, -0.15) is 5.26 Å². The zero-order valence-electron chi connectivity index (χ0n) is 13.7. The fourth-order valence-corrected chi connectivity index (χ4v) is 5.32. The molecule has 22 heavy (non-hydrogen) atoms. The lowest BCUT2D eigenvalue weighted by molar-refractivity contribution is -0.130. The van der Waals surface area contributed by atoms with Crippen LogP contribution in [0, 0.1) is 45.8 Å². The monoisotopic (exact) mass is 293 g/mol. The van der Waals surface area contributed by atoms with E-state index in [-0.39, 0.29) is 22.5 Å². The highest BCUT2D eigenvalue weighted by molar-refractivity contribution is 6.04. The summed E-state index contributed by atoms with van der Waals surface area (Å²) in [6, 6.07) is 2.13. The van der Waals surface area contributed by atoms with E-state index in [9.17, 15) is 10.1 Å². The summed E-state index contributed by atoms with van der Waals surface area (Å²) in [7, 11) is 0. The molecule has 1 saturated carbocycles. The van der Waals surface area contributed by atoms with Gasteiger partial charge in [-0.3, -0.25) is 4.79 Å². The molecule has 0 aliphatic heterocycles. The minimum Gasteiger partial charge on any atom is -0.293 e. The van der Waals surface area contributed by atoms with Crippen LogP contribution in [-0.4, -0.2) is 5.78 Å². The first kappa shape index (κ1) is 15.1. The molecule has 0 heterocycles. The van der Waals surface area contributed by atoms with Crippen LogP contribution in [0.3, 0.4) is 0 Å². The summed E-state index contributed by atoms with van der Waals surface area (Å²) >= 11 is 0. The lowest BCUT2D eigenvalue weighted by atomic mass is 9.45. The Hall–Kier alpha value is -1.80. The SMILES string of the molecule is C#C[C@]12CCCC=C1[C@@]1(C)C=C(C#N)C(=O)C(C)(C)[C@@H]1CC2. The van der Waals surface area contributed by atoms with Gasteiger partial charge in [-0.05, 0) is 43.6 Å². The number of rotatable bonds is 0. The Morgan fingerprint density at radius 3 is 2.68 bits per heavy atom. The molecule has 2 heteroatoms. The number of allylic oxidation sites excluding steroid dienone is 4. The van der Waals surface area contributed by atoms with Crippen molar-refractivity contribution in [3.05, 3.63) is 23.3 Å². The third kappa shape index (κ3) is 1.70. The normalized spacial score (nSPS) is 39.5. The van der Waals surface area contributed by atoms with Gasteiger partial charge in [0.15, 0.2) is 5.78 Å². The van der Waals surface area contributed by atoms with E-state index in [2.05, 4.69) is 25.0 Å². The van der Waals surface area contributed by atoms with E-state index in [1.807, 2.05) is 19.9 Å². The number of nitrogens with zero attached hydrogens (tertiary/aromatic N) is 1. The van der Waals surface area contributed by atoms with Crippen LogP contribution < -0.4 is 0 Å². The van der Waals surface area contributed by atoms with Crippen molar-refractivity contribution in [2.24, 2.45) is 22.2 Å². The molecule has 114 valence electrons. The summed E-state index contributed by atoms with van der Waals surface area (Å²) in [5.74, 6) is 3.29. The number of ketones is 1. The molecule has 0 aromatic heterocycles. The van der Waals surface area contributed by atoms with Gasteiger partial charge in [0.05, 0.1) is 11.0 Å². The molecular weight excluding hydrogens is 270 g/mol. The first-order valence-electron chi connectivity index (χ1n) is 8.18. The molecule has 1 fully saturated rings. The fraction of sp³-hybridized carbons (Fsp3) is 0.600. The van der Waals surface area contributed by atoms with Gasteiger partial charge < -0.3 is 0 Å². The van der Waals surface area contributed by atoms with Crippen molar-refractivity contribution in [1.82, 2.24) is 0 Å². The quantitative estimate of drug-likeness (QED) is 0.496. The highest BCUT2D eigenvalue weighted by Crippen LogP contribution is 2.64. The van der Waals surface area contributed by atoms with Crippen LogP contribution in [0.4, 0.5) is 0 Å². The topological polar surface area (TPSA) is 40.9 Å². The molecule has 3 atom stereocenters. The van der Waals surface area contributed by atoms with Gasteiger partial charge >= 0.3 is 0 Å². The molecule has 3 rings (SSSR count). The summed E-state index contributed by atoms with van der Waals surface area (Å²) < 4.78 is 0. The maximum absolute atomic E-state index is 12.6. The summed E-state index contributed by atoms with van der Waals surface area (Å²) in [5, 5.41) is 9.42. The predicted molar refractivity (Wildman–Crippen MR) is 86.5 cm³/mol. The zero-order valence-corrected chi connectivity index (χ0v) is 13.7. The second-order valence-electron chi connectivity index (χ2n) is 7.83. The van der Waals surface area contributed by atoms with Gasteiger partial charge in [-0.15, -0.1) is 6.42 Å². The van der Waals surface area contributed by atoms with E-state index < -0.39 is 5.41 Å². The molecule has 0 radical (unpaired) electrons. The lowest BCUT2D eigenvalue weighted by Gasteiger charge is -2.57. The summed E-state index contributed by atoms with van der Waals surface area (Å²) in [6.07, 6.45) is 15.3. The third-order valence-electron chi connectivity index (χ3n) is 6.38. The average molecular weight is 293 g/mol. The number of carbonyl (C=O) groups is 1. The summed E-state index contributed by atoms with van der Waals surface area (Å²) in [4.78, 5) is 12.6. The van der Waals surface area contributed by atoms with Gasteiger partial charge in [-0.1, -0.05) is 38.8 Å². The molecule has 0 N–H and O–H groups in total. The molecule has 0 saturated heterocycles. The minimum atomic E-state index is -0.506. The summed E-state index contributed by atoms with van der Waals surface area (Å²) in [5.41, 5.74) is 0.652. The van der Waals surface area contributed by atoms with E-state index in [1.165, 1.54) is 5.57 Å². The first-order valence-corrected chi connectivity index (χ1v) is 8.18. The third-order valence-corrected chi connectivity index (χ3v) is 6.38. The van der Waals surface area contributed by atoms with Crippen LogP contribution >= 0.6 is 0 Å². The van der Waals surface area contributed by atoms with Gasteiger partial charge in [-0.25, -0.2) is 0 Å². The van der Waals surface area contributed by atoms with E-state index >= 15 is 0 Å². The standard InChI is InChI=1S/C20H23NO/c1-5-20-10-7-6-8-16(20)19(4)12-14(13-21)17(22)18(2,3)15(19)9-11-20/h1,8,12,15H,6-7,9-11H2,2-4H3/t15-,19-,20+/m0/s1. The molecule has 3 aliphatic rings. The van der Waals surface area contributed by atoms with Crippen molar-refractivity contribution >= 4 is 5.78 Å². The largest absolute Gasteiger partial charge is 0.293 e. The Labute approximate surface area is 133 Å². The van der Waals surface area contributed by atoms with Crippen molar-refractivity contribution in [2.45, 2.75) is 52.9 Å². The smallest absolute Gasteiger partial charge is 0.178 e. The number of nitriles is 1. The average Bonchev–Trinajstić information content (AvgIpc) is 2.51. The first-order chi connectivity index (χ1) is 10.3. The minimum absolute atomic E-state index is 0.0120. The number of Topliss-reactive ketones (excluding diaryl/α,β-unsaturated/α-hetero) is 1. The van der Waals surface area contributed by atoms with Crippen molar-refractivity contribution in [3.63, 3.8) is 0 Å². The van der Waals surface area contributed by atoms with Gasteiger partial charge in [0.25, 0.3) is 0 Å². The number of terminal acetylenes is 1. The number of hydrogen-bond donors (Lipinski definition) is 0. The van der Waals surface area contributed by atoms with Gasteiger partial charge in [0.2, 0.25) is 0 Å². The molecule has 3 aliphatic carbocycles. The van der Waals surface area contributed by atoms with E-state index in [0.29, 0.717) is 5.57 Å². The molecule has 2 nitrogen and oxygen atoms in total. The maximum Gasteiger partial charge on any atom is 0.178 e. The fourth-order valence-electron chi connectivity index (χ4n) is 5.32. The molecule has 0 bridgehead atoms. The second-order valence-corrected chi connectivity index (χ2v) is 7.83. The van der Waals surface area contributed by atoms with Gasteiger partial charge in [0.1, 0.15) is 6.07 Å². The van der Waals surface area contributed by atoms with Crippen molar-refractivity contribution in [1.29, 1.82) is 5.26 Å². The number of fused-ring (bicyclic) bond motifs is 3. The molecular formula is C20H23NO. The second kappa shape index (κ2) is 4.60. The van der Waals surface area contributed by atoms with E-state index in [1.54, 1.807) is 0 Å². The van der Waals surface area contributed by atoms with Crippen molar-refractivity contribution < 1.29 is 4.79 Å². The molecule has 0 amide bonds. The van der Waals surface area contributed by atoms with Crippen LogP contribution in [0.2, 0.25) is 0 Å². The van der Waals surface area contributed by atoms with Crippen molar-refractivity contribution in [2.75, 3.05) is 0 Å². The van der Waals surface area contributed by atoms with E-state index in [0.717, 1.165) is 32.1 Å². The van der Waals surface area contributed by atoms with Crippen LogP contribution in [0.15, 0.2) is 23.3 Å².